The predicted molar refractivity (Wildman–Crippen MR) is 113 cm³/mol. The number of hydrogen-bond acceptors (Lipinski definition) is 5. The van der Waals surface area contributed by atoms with Crippen LogP contribution in [0.5, 0.6) is 5.75 Å². The van der Waals surface area contributed by atoms with E-state index in [0.717, 1.165) is 16.9 Å². The summed E-state index contributed by atoms with van der Waals surface area (Å²) in [4.78, 5) is 12.1. The number of benzene rings is 2. The number of methoxy groups -OCH3 is 1. The molecule has 0 N–H and O–H groups in total. The second-order valence-electron chi connectivity index (χ2n) is 8.36. The van der Waals surface area contributed by atoms with Crippen LogP contribution < -0.4 is 4.74 Å². The molecule has 29 heavy (non-hydrogen) atoms. The van der Waals surface area contributed by atoms with Gasteiger partial charge in [0.15, 0.2) is 0 Å². The van der Waals surface area contributed by atoms with Crippen molar-refractivity contribution in [1.29, 1.82) is 0 Å². The molecule has 1 aliphatic heterocycles. The van der Waals surface area contributed by atoms with Crippen LogP contribution in [0, 0.1) is 0 Å². The Morgan fingerprint density at radius 2 is 1.66 bits per heavy atom. The van der Waals surface area contributed by atoms with Crippen LogP contribution in [0.1, 0.15) is 51.1 Å². The Kier molecular flexibility index (Phi) is 6.34. The van der Waals surface area contributed by atoms with Crippen molar-refractivity contribution in [3.8, 4) is 5.75 Å². The first-order chi connectivity index (χ1) is 13.7. The van der Waals surface area contributed by atoms with E-state index in [1.54, 1.807) is 0 Å². The lowest BCUT2D eigenvalue weighted by Gasteiger charge is -2.32. The molecule has 2 aromatic rings. The number of ether oxygens (including phenoxy) is 2. The van der Waals surface area contributed by atoms with Gasteiger partial charge in [0.25, 0.3) is 0 Å². The summed E-state index contributed by atoms with van der Waals surface area (Å²) < 4.78 is 23.3. The minimum Gasteiger partial charge on any atom is -0.489 e. The maximum absolute atomic E-state index is 12.1. The Morgan fingerprint density at radius 3 is 2.28 bits per heavy atom. The molecule has 1 unspecified atom stereocenters. The fraction of sp³-hybridized carbons (Fsp3) is 0.435. The quantitative estimate of drug-likeness (QED) is 0.508. The van der Waals surface area contributed by atoms with Gasteiger partial charge in [0, 0.05) is 5.82 Å². The lowest BCUT2D eigenvalue weighted by molar-refractivity contribution is -0.140. The van der Waals surface area contributed by atoms with Gasteiger partial charge in [0.1, 0.15) is 12.4 Å². The third-order valence-electron chi connectivity index (χ3n) is 5.75. The maximum Gasteiger partial charge on any atom is 0.466 e. The zero-order valence-electron chi connectivity index (χ0n) is 17.8. The second kappa shape index (κ2) is 8.60. The number of carbonyl (C=O) groups is 1. The van der Waals surface area contributed by atoms with E-state index in [0.29, 0.717) is 6.61 Å². The lowest BCUT2D eigenvalue weighted by Crippen LogP contribution is -2.41. The highest BCUT2D eigenvalue weighted by Gasteiger charge is 2.54. The smallest absolute Gasteiger partial charge is 0.466 e. The number of carbonyl (C=O) groups excluding carboxylic acids is 1. The van der Waals surface area contributed by atoms with E-state index in [9.17, 15) is 4.79 Å². The average molecular weight is 396 g/mol. The molecule has 6 heteroatoms. The van der Waals surface area contributed by atoms with E-state index in [1.807, 2.05) is 82.3 Å². The lowest BCUT2D eigenvalue weighted by atomic mass is 9.66. The largest absolute Gasteiger partial charge is 0.489 e. The molecule has 1 saturated heterocycles. The molecule has 3 rings (SSSR count). The highest BCUT2D eigenvalue weighted by atomic mass is 16.7. The van der Waals surface area contributed by atoms with Gasteiger partial charge in [-0.1, -0.05) is 42.5 Å². The van der Waals surface area contributed by atoms with Crippen molar-refractivity contribution in [2.24, 2.45) is 0 Å². The summed E-state index contributed by atoms with van der Waals surface area (Å²) >= 11 is 0. The Morgan fingerprint density at radius 1 is 1.00 bits per heavy atom. The fourth-order valence-electron chi connectivity index (χ4n) is 3.26. The molecule has 1 atom stereocenters. The van der Waals surface area contributed by atoms with Gasteiger partial charge in [0.2, 0.25) is 0 Å². The van der Waals surface area contributed by atoms with E-state index in [-0.39, 0.29) is 18.2 Å². The van der Waals surface area contributed by atoms with Gasteiger partial charge >= 0.3 is 13.1 Å². The molecule has 0 bridgehead atoms. The molecular weight excluding hydrogens is 367 g/mol. The van der Waals surface area contributed by atoms with E-state index in [4.69, 9.17) is 18.8 Å². The maximum atomic E-state index is 12.1. The Labute approximate surface area is 173 Å². The fourth-order valence-corrected chi connectivity index (χ4v) is 3.26. The minimum absolute atomic E-state index is 0.162. The summed E-state index contributed by atoms with van der Waals surface area (Å²) in [6.45, 7) is 8.48. The molecule has 2 aromatic carbocycles. The zero-order chi connectivity index (χ0) is 21.1. The molecule has 0 saturated carbocycles. The van der Waals surface area contributed by atoms with Gasteiger partial charge in [0.05, 0.1) is 24.7 Å². The van der Waals surface area contributed by atoms with Crippen molar-refractivity contribution in [3.05, 3.63) is 65.7 Å². The first-order valence-corrected chi connectivity index (χ1v) is 9.91. The van der Waals surface area contributed by atoms with Gasteiger partial charge in [-0.25, -0.2) is 0 Å². The molecule has 0 aliphatic carbocycles. The Balaban J connectivity index is 1.81. The normalized spacial score (nSPS) is 18.3. The van der Waals surface area contributed by atoms with Crippen LogP contribution in [0.25, 0.3) is 0 Å². The molecule has 1 aliphatic rings. The van der Waals surface area contributed by atoms with Crippen molar-refractivity contribution in [2.75, 3.05) is 7.11 Å². The molecule has 5 nitrogen and oxygen atoms in total. The van der Waals surface area contributed by atoms with Gasteiger partial charge in [-0.05, 0) is 51.0 Å². The summed E-state index contributed by atoms with van der Waals surface area (Å²) in [6.07, 6.45) is 0.162. The Hall–Kier alpha value is -2.31. The third-order valence-corrected chi connectivity index (χ3v) is 5.75. The van der Waals surface area contributed by atoms with Crippen molar-refractivity contribution in [3.63, 3.8) is 0 Å². The van der Waals surface area contributed by atoms with Gasteiger partial charge < -0.3 is 18.8 Å². The summed E-state index contributed by atoms with van der Waals surface area (Å²) in [5.74, 6) is 0.127. The number of hydrogen-bond donors (Lipinski definition) is 0. The minimum atomic E-state index is -0.552. The zero-order valence-corrected chi connectivity index (χ0v) is 17.8. The first kappa shape index (κ1) is 21.4. The number of esters is 1. The molecule has 154 valence electrons. The van der Waals surface area contributed by atoms with Crippen LogP contribution in [0.15, 0.2) is 54.6 Å². The third kappa shape index (κ3) is 5.00. The second-order valence-corrected chi connectivity index (χ2v) is 8.36. The monoisotopic (exact) mass is 396 g/mol. The molecule has 0 spiro atoms. The van der Waals surface area contributed by atoms with Crippen LogP contribution in [-0.2, 0) is 25.4 Å². The highest BCUT2D eigenvalue weighted by molar-refractivity contribution is 6.48. The molecule has 0 amide bonds. The standard InChI is InChI=1S/C23H29BO5/c1-22(2)23(3,4)29-24(28-22)20(15-21(25)26-5)18-12-9-13-19(14-18)27-16-17-10-7-6-8-11-17/h6-14,20H,15-16H2,1-5H3. The van der Waals surface area contributed by atoms with Gasteiger partial charge in [-0.2, -0.15) is 0 Å². The van der Waals surface area contributed by atoms with Crippen molar-refractivity contribution in [2.45, 2.75) is 57.7 Å². The van der Waals surface area contributed by atoms with Gasteiger partial charge in [-0.3, -0.25) is 4.79 Å². The summed E-state index contributed by atoms with van der Waals surface area (Å²) in [5, 5.41) is 0. The van der Waals surface area contributed by atoms with Crippen molar-refractivity contribution < 1.29 is 23.6 Å². The topological polar surface area (TPSA) is 54.0 Å². The van der Waals surface area contributed by atoms with E-state index in [1.165, 1.54) is 7.11 Å². The molecule has 0 radical (unpaired) electrons. The SMILES string of the molecule is COC(=O)CC(B1OC(C)(C)C(C)(C)O1)c1cccc(OCc2ccccc2)c1. The van der Waals surface area contributed by atoms with Crippen molar-refractivity contribution >= 4 is 13.1 Å². The van der Waals surface area contributed by atoms with Crippen LogP contribution in [0.3, 0.4) is 0 Å². The van der Waals surface area contributed by atoms with Crippen LogP contribution in [0.2, 0.25) is 0 Å². The molecular formula is C23H29BO5. The summed E-state index contributed by atoms with van der Waals surface area (Å²) in [7, 11) is 0.840. The summed E-state index contributed by atoms with van der Waals surface area (Å²) in [5.41, 5.74) is 1.05. The Bertz CT molecular complexity index is 818. The van der Waals surface area contributed by atoms with Crippen LogP contribution in [-0.4, -0.2) is 31.4 Å². The van der Waals surface area contributed by atoms with Crippen LogP contribution >= 0.6 is 0 Å². The molecule has 1 heterocycles. The van der Waals surface area contributed by atoms with E-state index < -0.39 is 18.3 Å². The molecule has 0 aromatic heterocycles. The molecule has 1 fully saturated rings. The van der Waals surface area contributed by atoms with E-state index in [2.05, 4.69) is 0 Å². The average Bonchev–Trinajstić information content (AvgIpc) is 2.92. The highest BCUT2D eigenvalue weighted by Crippen LogP contribution is 2.42. The first-order valence-electron chi connectivity index (χ1n) is 9.91. The van der Waals surface area contributed by atoms with Crippen molar-refractivity contribution in [1.82, 2.24) is 0 Å². The van der Waals surface area contributed by atoms with Gasteiger partial charge in [-0.15, -0.1) is 0 Å². The summed E-state index contributed by atoms with van der Waals surface area (Å²) in [6, 6.07) is 17.7. The van der Waals surface area contributed by atoms with E-state index >= 15 is 0 Å². The number of rotatable bonds is 7. The van der Waals surface area contributed by atoms with Crippen LogP contribution in [0.4, 0.5) is 0 Å². The predicted octanol–water partition coefficient (Wildman–Crippen LogP) is 4.54.